The number of nitrogens with zero attached hydrogens (tertiary/aromatic N) is 2. The lowest BCUT2D eigenvalue weighted by molar-refractivity contribution is 0.187. The van der Waals surface area contributed by atoms with Crippen LogP contribution in [0.2, 0.25) is 0 Å². The molecule has 2 rings (SSSR count). The van der Waals surface area contributed by atoms with Gasteiger partial charge in [-0.2, -0.15) is 5.10 Å². The Morgan fingerprint density at radius 3 is 3.31 bits per heavy atom. The van der Waals surface area contributed by atoms with E-state index in [4.69, 9.17) is 4.74 Å². The molecule has 1 fully saturated rings. The molecule has 0 bridgehead atoms. The Hall–Kier alpha value is -1.03. The first-order chi connectivity index (χ1) is 6.34. The summed E-state index contributed by atoms with van der Waals surface area (Å²) < 4.78 is 7.09. The van der Waals surface area contributed by atoms with Crippen LogP contribution in [0.3, 0.4) is 0 Å². The molecule has 4 heteroatoms. The molecule has 1 aromatic rings. The molecule has 1 N–H and O–H groups in total. The average molecular weight is 181 g/mol. The van der Waals surface area contributed by atoms with E-state index in [2.05, 4.69) is 10.4 Å². The molecule has 0 spiro atoms. The summed E-state index contributed by atoms with van der Waals surface area (Å²) in [5, 5.41) is 7.43. The van der Waals surface area contributed by atoms with Gasteiger partial charge in [0.25, 0.3) is 0 Å². The highest BCUT2D eigenvalue weighted by Gasteiger charge is 2.14. The second-order valence-electron chi connectivity index (χ2n) is 3.51. The zero-order valence-electron chi connectivity index (χ0n) is 7.86. The maximum absolute atomic E-state index is 5.29. The molecule has 1 saturated heterocycles. The zero-order valence-corrected chi connectivity index (χ0v) is 7.86. The standard InChI is InChI=1S/C9H15N3O/c1-12-6-9(5-11-12)10-4-8-2-3-13-7-8/h5-6,8,10H,2-4,7H2,1H3. The van der Waals surface area contributed by atoms with Crippen LogP contribution in [0.1, 0.15) is 6.42 Å². The van der Waals surface area contributed by atoms with Gasteiger partial charge in [-0.3, -0.25) is 4.68 Å². The summed E-state index contributed by atoms with van der Waals surface area (Å²) in [5.41, 5.74) is 1.09. The second-order valence-corrected chi connectivity index (χ2v) is 3.51. The maximum atomic E-state index is 5.29. The Morgan fingerprint density at radius 1 is 1.77 bits per heavy atom. The van der Waals surface area contributed by atoms with Crippen LogP contribution < -0.4 is 5.32 Å². The molecule has 0 aromatic carbocycles. The van der Waals surface area contributed by atoms with Gasteiger partial charge in [-0.25, -0.2) is 0 Å². The lowest BCUT2D eigenvalue weighted by Gasteiger charge is -2.07. The molecule has 0 aliphatic carbocycles. The van der Waals surface area contributed by atoms with E-state index in [-0.39, 0.29) is 0 Å². The van der Waals surface area contributed by atoms with Crippen LogP contribution >= 0.6 is 0 Å². The largest absolute Gasteiger partial charge is 0.382 e. The quantitative estimate of drug-likeness (QED) is 0.752. The summed E-state index contributed by atoms with van der Waals surface area (Å²) in [6.45, 7) is 2.80. The van der Waals surface area contributed by atoms with Crippen LogP contribution in [0.25, 0.3) is 0 Å². The first-order valence-electron chi connectivity index (χ1n) is 4.65. The van der Waals surface area contributed by atoms with E-state index in [1.165, 1.54) is 6.42 Å². The molecule has 0 amide bonds. The van der Waals surface area contributed by atoms with E-state index in [1.807, 2.05) is 19.4 Å². The van der Waals surface area contributed by atoms with Gasteiger partial charge in [0.05, 0.1) is 18.5 Å². The summed E-state index contributed by atoms with van der Waals surface area (Å²) in [5.74, 6) is 0.667. The number of aromatic nitrogens is 2. The SMILES string of the molecule is Cn1cc(NCC2CCOC2)cn1. The molecule has 0 saturated carbocycles. The van der Waals surface area contributed by atoms with E-state index in [1.54, 1.807) is 4.68 Å². The fraction of sp³-hybridized carbons (Fsp3) is 0.667. The molecule has 1 unspecified atom stereocenters. The van der Waals surface area contributed by atoms with Crippen LogP contribution in [0.15, 0.2) is 12.4 Å². The number of rotatable bonds is 3. The normalized spacial score (nSPS) is 22.1. The predicted molar refractivity (Wildman–Crippen MR) is 50.6 cm³/mol. The van der Waals surface area contributed by atoms with Crippen LogP contribution in [-0.4, -0.2) is 29.5 Å². The maximum Gasteiger partial charge on any atom is 0.0726 e. The van der Waals surface area contributed by atoms with Gasteiger partial charge in [-0.05, 0) is 6.42 Å². The third-order valence-electron chi connectivity index (χ3n) is 2.32. The fourth-order valence-corrected chi connectivity index (χ4v) is 1.52. The van der Waals surface area contributed by atoms with E-state index in [0.29, 0.717) is 5.92 Å². The van der Waals surface area contributed by atoms with Crippen molar-refractivity contribution in [1.29, 1.82) is 0 Å². The summed E-state index contributed by atoms with van der Waals surface area (Å²) in [7, 11) is 1.92. The first-order valence-corrected chi connectivity index (χ1v) is 4.65. The molecule has 1 atom stereocenters. The second kappa shape index (κ2) is 3.79. The van der Waals surface area contributed by atoms with Crippen LogP contribution in [0.4, 0.5) is 5.69 Å². The van der Waals surface area contributed by atoms with Crippen LogP contribution in [0.5, 0.6) is 0 Å². The molecule has 72 valence electrons. The topological polar surface area (TPSA) is 39.1 Å². The summed E-state index contributed by atoms with van der Waals surface area (Å²) in [6.07, 6.45) is 5.00. The molecule has 1 aromatic heterocycles. The highest BCUT2D eigenvalue weighted by atomic mass is 16.5. The Labute approximate surface area is 77.9 Å². The third-order valence-corrected chi connectivity index (χ3v) is 2.32. The van der Waals surface area contributed by atoms with Crippen molar-refractivity contribution < 1.29 is 4.74 Å². The minimum Gasteiger partial charge on any atom is -0.382 e. The van der Waals surface area contributed by atoms with Gasteiger partial charge in [0.2, 0.25) is 0 Å². The Bertz CT molecular complexity index is 266. The van der Waals surface area contributed by atoms with Crippen molar-refractivity contribution in [3.63, 3.8) is 0 Å². The lowest BCUT2D eigenvalue weighted by Crippen LogP contribution is -2.13. The lowest BCUT2D eigenvalue weighted by atomic mass is 10.1. The average Bonchev–Trinajstić information content (AvgIpc) is 2.71. The molecule has 2 heterocycles. The molecular formula is C9H15N3O. The molecule has 1 aliphatic rings. The Morgan fingerprint density at radius 2 is 2.69 bits per heavy atom. The smallest absolute Gasteiger partial charge is 0.0726 e. The minimum absolute atomic E-state index is 0.667. The summed E-state index contributed by atoms with van der Waals surface area (Å²) >= 11 is 0. The van der Waals surface area contributed by atoms with E-state index < -0.39 is 0 Å². The molecule has 1 aliphatic heterocycles. The van der Waals surface area contributed by atoms with Crippen molar-refractivity contribution in [3.8, 4) is 0 Å². The van der Waals surface area contributed by atoms with Gasteiger partial charge in [0, 0.05) is 32.3 Å². The number of ether oxygens (including phenoxy) is 1. The highest BCUT2D eigenvalue weighted by molar-refractivity contribution is 5.37. The van der Waals surface area contributed by atoms with Crippen molar-refractivity contribution in [1.82, 2.24) is 9.78 Å². The zero-order chi connectivity index (χ0) is 9.10. The summed E-state index contributed by atoms with van der Waals surface area (Å²) in [4.78, 5) is 0. The molecule has 4 nitrogen and oxygen atoms in total. The van der Waals surface area contributed by atoms with Crippen molar-refractivity contribution in [2.75, 3.05) is 25.1 Å². The van der Waals surface area contributed by atoms with Crippen LogP contribution in [-0.2, 0) is 11.8 Å². The van der Waals surface area contributed by atoms with E-state index in [0.717, 1.165) is 25.4 Å². The molecule has 0 radical (unpaired) electrons. The van der Waals surface area contributed by atoms with E-state index in [9.17, 15) is 0 Å². The first kappa shape index (κ1) is 8.56. The predicted octanol–water partition coefficient (Wildman–Crippen LogP) is 0.868. The number of aryl methyl sites for hydroxylation is 1. The van der Waals surface area contributed by atoms with Gasteiger partial charge in [-0.15, -0.1) is 0 Å². The monoisotopic (exact) mass is 181 g/mol. The van der Waals surface area contributed by atoms with Gasteiger partial charge >= 0.3 is 0 Å². The number of hydrogen-bond donors (Lipinski definition) is 1. The summed E-state index contributed by atoms with van der Waals surface area (Å²) in [6, 6.07) is 0. The Kier molecular flexibility index (Phi) is 2.49. The third kappa shape index (κ3) is 2.21. The fourth-order valence-electron chi connectivity index (χ4n) is 1.52. The van der Waals surface area contributed by atoms with Crippen LogP contribution in [0, 0.1) is 5.92 Å². The molecule has 13 heavy (non-hydrogen) atoms. The highest BCUT2D eigenvalue weighted by Crippen LogP contribution is 2.13. The van der Waals surface area contributed by atoms with Crippen molar-refractivity contribution >= 4 is 5.69 Å². The Balaban J connectivity index is 1.78. The van der Waals surface area contributed by atoms with Gasteiger partial charge < -0.3 is 10.1 Å². The number of hydrogen-bond acceptors (Lipinski definition) is 3. The molecular weight excluding hydrogens is 166 g/mol. The number of nitrogens with one attached hydrogen (secondary N) is 1. The minimum atomic E-state index is 0.667. The van der Waals surface area contributed by atoms with Gasteiger partial charge in [-0.1, -0.05) is 0 Å². The van der Waals surface area contributed by atoms with Crippen molar-refractivity contribution in [2.24, 2.45) is 13.0 Å². The van der Waals surface area contributed by atoms with Crippen molar-refractivity contribution in [3.05, 3.63) is 12.4 Å². The van der Waals surface area contributed by atoms with Crippen molar-refractivity contribution in [2.45, 2.75) is 6.42 Å². The van der Waals surface area contributed by atoms with E-state index >= 15 is 0 Å². The number of anilines is 1. The van der Waals surface area contributed by atoms with Gasteiger partial charge in [0.1, 0.15) is 0 Å². The van der Waals surface area contributed by atoms with Gasteiger partial charge in [0.15, 0.2) is 0 Å².